The molecule has 1 heterocycles. The number of amides is 1. The predicted octanol–water partition coefficient (Wildman–Crippen LogP) is 4.45. The maximum atomic E-state index is 14.2. The SMILES string of the molecule is C[C@H]1[C@H](C)CCC[C@@H]1NC(=O)CSc1nnc(-c2ccccc2F)n1C1CC1. The van der Waals surface area contributed by atoms with E-state index in [9.17, 15) is 9.18 Å². The highest BCUT2D eigenvalue weighted by atomic mass is 32.2. The minimum absolute atomic E-state index is 0.0359. The van der Waals surface area contributed by atoms with Crippen LogP contribution in [0.4, 0.5) is 4.39 Å². The zero-order valence-electron chi connectivity index (χ0n) is 16.4. The Morgan fingerprint density at radius 1 is 1.21 bits per heavy atom. The van der Waals surface area contributed by atoms with E-state index in [4.69, 9.17) is 0 Å². The van der Waals surface area contributed by atoms with Gasteiger partial charge in [-0.25, -0.2) is 4.39 Å². The van der Waals surface area contributed by atoms with Gasteiger partial charge in [0.15, 0.2) is 11.0 Å². The molecule has 2 aliphatic carbocycles. The van der Waals surface area contributed by atoms with Crippen molar-refractivity contribution in [3.63, 3.8) is 0 Å². The highest BCUT2D eigenvalue weighted by molar-refractivity contribution is 7.99. The Kier molecular flexibility index (Phi) is 5.71. The first-order valence-electron chi connectivity index (χ1n) is 10.2. The molecular weight excluding hydrogens is 375 g/mol. The minimum Gasteiger partial charge on any atom is -0.352 e. The number of hydrogen-bond acceptors (Lipinski definition) is 4. The van der Waals surface area contributed by atoms with Crippen LogP contribution in [0.5, 0.6) is 0 Å². The molecule has 1 aromatic carbocycles. The number of benzene rings is 1. The zero-order valence-corrected chi connectivity index (χ0v) is 17.2. The third-order valence-corrected chi connectivity index (χ3v) is 7.02. The molecule has 7 heteroatoms. The van der Waals surface area contributed by atoms with E-state index in [1.165, 1.54) is 30.7 Å². The van der Waals surface area contributed by atoms with Gasteiger partial charge in [0, 0.05) is 12.1 Å². The van der Waals surface area contributed by atoms with Crippen LogP contribution in [0.15, 0.2) is 29.4 Å². The number of thioether (sulfide) groups is 1. The average Bonchev–Trinajstić information content (AvgIpc) is 3.44. The average molecular weight is 403 g/mol. The van der Waals surface area contributed by atoms with E-state index >= 15 is 0 Å². The lowest BCUT2D eigenvalue weighted by molar-refractivity contribution is -0.120. The summed E-state index contributed by atoms with van der Waals surface area (Å²) in [6, 6.07) is 7.20. The van der Waals surface area contributed by atoms with Crippen molar-refractivity contribution in [2.75, 3.05) is 5.75 Å². The van der Waals surface area contributed by atoms with Crippen LogP contribution in [0.25, 0.3) is 11.4 Å². The fourth-order valence-electron chi connectivity index (χ4n) is 4.03. The number of halogens is 1. The molecule has 2 saturated carbocycles. The minimum atomic E-state index is -0.300. The summed E-state index contributed by atoms with van der Waals surface area (Å²) >= 11 is 1.39. The molecule has 4 rings (SSSR count). The smallest absolute Gasteiger partial charge is 0.230 e. The van der Waals surface area contributed by atoms with Gasteiger partial charge in [0.25, 0.3) is 0 Å². The Morgan fingerprint density at radius 3 is 2.75 bits per heavy atom. The van der Waals surface area contributed by atoms with Crippen LogP contribution >= 0.6 is 11.8 Å². The summed E-state index contributed by atoms with van der Waals surface area (Å²) in [5, 5.41) is 12.4. The first kappa shape index (κ1) is 19.4. The number of nitrogens with zero attached hydrogens (tertiary/aromatic N) is 3. The van der Waals surface area contributed by atoms with Crippen LogP contribution in [0.1, 0.15) is 52.0 Å². The molecular formula is C21H27FN4OS. The molecule has 0 unspecified atom stereocenters. The molecule has 150 valence electrons. The van der Waals surface area contributed by atoms with Crippen molar-refractivity contribution >= 4 is 17.7 Å². The van der Waals surface area contributed by atoms with Gasteiger partial charge in [-0.2, -0.15) is 0 Å². The van der Waals surface area contributed by atoms with E-state index in [-0.39, 0.29) is 17.8 Å². The number of carbonyl (C=O) groups excluding carboxylic acids is 1. The monoisotopic (exact) mass is 402 g/mol. The molecule has 2 fully saturated rings. The third-order valence-electron chi connectivity index (χ3n) is 6.08. The highest BCUT2D eigenvalue weighted by Gasteiger charge is 2.32. The quantitative estimate of drug-likeness (QED) is 0.725. The molecule has 2 aromatic rings. The van der Waals surface area contributed by atoms with Gasteiger partial charge in [-0.15, -0.1) is 10.2 Å². The first-order valence-corrected chi connectivity index (χ1v) is 11.1. The fraction of sp³-hybridized carbons (Fsp3) is 0.571. The van der Waals surface area contributed by atoms with Gasteiger partial charge in [0.2, 0.25) is 5.91 Å². The van der Waals surface area contributed by atoms with E-state index in [0.717, 1.165) is 19.3 Å². The summed E-state index contributed by atoms with van der Waals surface area (Å²) in [6.07, 6.45) is 5.54. The van der Waals surface area contributed by atoms with Crippen molar-refractivity contribution in [1.29, 1.82) is 0 Å². The summed E-state index contributed by atoms with van der Waals surface area (Å²) in [5.74, 6) is 1.75. The molecule has 28 heavy (non-hydrogen) atoms. The number of hydrogen-bond donors (Lipinski definition) is 1. The number of aromatic nitrogens is 3. The topological polar surface area (TPSA) is 59.8 Å². The summed E-state index contributed by atoms with van der Waals surface area (Å²) in [7, 11) is 0. The van der Waals surface area contributed by atoms with Gasteiger partial charge in [0.1, 0.15) is 5.82 Å². The van der Waals surface area contributed by atoms with Gasteiger partial charge >= 0.3 is 0 Å². The summed E-state index contributed by atoms with van der Waals surface area (Å²) < 4.78 is 16.2. The molecule has 1 amide bonds. The Hall–Kier alpha value is -1.89. The van der Waals surface area contributed by atoms with Gasteiger partial charge in [-0.05, 0) is 43.2 Å². The van der Waals surface area contributed by atoms with Crippen molar-refractivity contribution in [1.82, 2.24) is 20.1 Å². The first-order chi connectivity index (χ1) is 13.5. The largest absolute Gasteiger partial charge is 0.352 e. The molecule has 3 atom stereocenters. The lowest BCUT2D eigenvalue weighted by Crippen LogP contribution is -2.44. The van der Waals surface area contributed by atoms with E-state index in [1.54, 1.807) is 18.2 Å². The van der Waals surface area contributed by atoms with Crippen LogP contribution in [0.3, 0.4) is 0 Å². The van der Waals surface area contributed by atoms with Crippen molar-refractivity contribution in [3.8, 4) is 11.4 Å². The molecule has 0 saturated heterocycles. The summed E-state index contributed by atoms with van der Waals surface area (Å²) in [6.45, 7) is 4.49. The zero-order chi connectivity index (χ0) is 19.7. The van der Waals surface area contributed by atoms with Crippen molar-refractivity contribution < 1.29 is 9.18 Å². The van der Waals surface area contributed by atoms with Crippen LogP contribution in [-0.2, 0) is 4.79 Å². The van der Waals surface area contributed by atoms with Crippen molar-refractivity contribution in [3.05, 3.63) is 30.1 Å². The Bertz CT molecular complexity index is 851. The van der Waals surface area contributed by atoms with Crippen molar-refractivity contribution in [2.24, 2.45) is 11.8 Å². The van der Waals surface area contributed by atoms with Crippen LogP contribution in [-0.4, -0.2) is 32.5 Å². The van der Waals surface area contributed by atoms with Crippen LogP contribution < -0.4 is 5.32 Å². The van der Waals surface area contributed by atoms with Crippen LogP contribution in [0, 0.1) is 17.7 Å². The second-order valence-corrected chi connectivity index (χ2v) is 9.06. The van der Waals surface area contributed by atoms with Crippen molar-refractivity contribution in [2.45, 2.75) is 63.2 Å². The van der Waals surface area contributed by atoms with E-state index < -0.39 is 0 Å². The molecule has 2 aliphatic rings. The lowest BCUT2D eigenvalue weighted by Gasteiger charge is -2.34. The van der Waals surface area contributed by atoms with Crippen LogP contribution in [0.2, 0.25) is 0 Å². The van der Waals surface area contributed by atoms with E-state index in [1.807, 2.05) is 4.57 Å². The van der Waals surface area contributed by atoms with Gasteiger partial charge in [-0.1, -0.05) is 50.6 Å². The fourth-order valence-corrected chi connectivity index (χ4v) is 4.84. The highest BCUT2D eigenvalue weighted by Crippen LogP contribution is 2.41. The molecule has 5 nitrogen and oxygen atoms in total. The number of rotatable bonds is 6. The predicted molar refractivity (Wildman–Crippen MR) is 109 cm³/mol. The van der Waals surface area contributed by atoms with E-state index in [2.05, 4.69) is 29.4 Å². The molecule has 0 radical (unpaired) electrons. The normalized spacial score (nSPS) is 24.9. The molecule has 0 bridgehead atoms. The summed E-state index contributed by atoms with van der Waals surface area (Å²) in [4.78, 5) is 12.5. The Labute approximate surface area is 169 Å². The standard InChI is InChI=1S/C21H27FN4OS/c1-13-6-5-9-18(14(13)2)23-19(27)12-28-21-25-24-20(26(21)15-10-11-15)16-7-3-4-8-17(16)22/h3-4,7-8,13-15,18H,5-6,9-12H2,1-2H3,(H,23,27)/t13-,14+,18+/m1/s1. The number of nitrogens with one attached hydrogen (secondary N) is 1. The molecule has 1 N–H and O–H groups in total. The third kappa shape index (κ3) is 4.09. The Morgan fingerprint density at radius 2 is 2.00 bits per heavy atom. The Balaban J connectivity index is 1.44. The second-order valence-electron chi connectivity index (χ2n) is 8.12. The van der Waals surface area contributed by atoms with Gasteiger partial charge in [-0.3, -0.25) is 9.36 Å². The molecule has 1 aromatic heterocycles. The van der Waals surface area contributed by atoms with Gasteiger partial charge < -0.3 is 5.32 Å². The molecule has 0 aliphatic heterocycles. The number of carbonyl (C=O) groups is 1. The maximum absolute atomic E-state index is 14.2. The van der Waals surface area contributed by atoms with Gasteiger partial charge in [0.05, 0.1) is 11.3 Å². The lowest BCUT2D eigenvalue weighted by atomic mass is 9.78. The molecule has 0 spiro atoms. The second kappa shape index (κ2) is 8.23. The van der Waals surface area contributed by atoms with E-state index in [0.29, 0.717) is 40.2 Å². The maximum Gasteiger partial charge on any atom is 0.230 e. The summed E-state index contributed by atoms with van der Waals surface area (Å²) in [5.41, 5.74) is 0.461.